The topological polar surface area (TPSA) is 102 Å². The molecule has 6 heteroatoms. The quantitative estimate of drug-likeness (QED) is 0.512. The largest absolute Gasteiger partial charge is 0.480 e. The molecule has 0 aromatic carbocycles. The van der Waals surface area contributed by atoms with Crippen molar-refractivity contribution >= 4 is 11.9 Å². The average Bonchev–Trinajstić information content (AvgIpc) is 2.13. The number of nitrogens with two attached hydrogens (primary N) is 1. The van der Waals surface area contributed by atoms with E-state index >= 15 is 0 Å². The fourth-order valence-electron chi connectivity index (χ4n) is 0.872. The van der Waals surface area contributed by atoms with E-state index in [9.17, 15) is 9.59 Å². The molecular formula is C8H16N2O4. The molecule has 4 N–H and O–H groups in total. The van der Waals surface area contributed by atoms with Crippen LogP contribution in [0.5, 0.6) is 0 Å². The number of amides is 1. The molecular weight excluding hydrogens is 188 g/mol. The first-order chi connectivity index (χ1) is 6.52. The van der Waals surface area contributed by atoms with Crippen LogP contribution in [0.3, 0.4) is 0 Å². The van der Waals surface area contributed by atoms with Crippen LogP contribution in [-0.2, 0) is 14.3 Å². The van der Waals surface area contributed by atoms with Gasteiger partial charge in [-0.15, -0.1) is 0 Å². The molecule has 0 aliphatic carbocycles. The van der Waals surface area contributed by atoms with Gasteiger partial charge in [-0.1, -0.05) is 6.92 Å². The van der Waals surface area contributed by atoms with Gasteiger partial charge in [0.1, 0.15) is 12.1 Å². The fourth-order valence-corrected chi connectivity index (χ4v) is 0.872. The predicted molar refractivity (Wildman–Crippen MR) is 49.7 cm³/mol. The maximum atomic E-state index is 11.2. The number of carbonyl (C=O) groups excluding carboxylic acids is 1. The van der Waals surface area contributed by atoms with Gasteiger partial charge in [-0.3, -0.25) is 4.79 Å². The number of rotatable bonds is 6. The van der Waals surface area contributed by atoms with E-state index in [1.165, 1.54) is 7.11 Å². The molecule has 0 radical (unpaired) electrons. The zero-order valence-electron chi connectivity index (χ0n) is 8.32. The number of ether oxygens (including phenoxy) is 1. The van der Waals surface area contributed by atoms with E-state index in [-0.39, 0.29) is 6.61 Å². The van der Waals surface area contributed by atoms with Gasteiger partial charge in [-0.25, -0.2) is 4.79 Å². The minimum Gasteiger partial charge on any atom is -0.480 e. The summed E-state index contributed by atoms with van der Waals surface area (Å²) in [6.45, 7) is 1.74. The average molecular weight is 204 g/mol. The SMILES string of the molecule is CC[C@@H](NC(=O)C(N)COC)C(=O)O. The third-order valence-corrected chi connectivity index (χ3v) is 1.71. The Morgan fingerprint density at radius 2 is 2.14 bits per heavy atom. The van der Waals surface area contributed by atoms with E-state index in [4.69, 9.17) is 10.8 Å². The number of carboxylic acids is 1. The summed E-state index contributed by atoms with van der Waals surface area (Å²) in [6.07, 6.45) is 0.320. The van der Waals surface area contributed by atoms with Gasteiger partial charge in [0.15, 0.2) is 0 Å². The van der Waals surface area contributed by atoms with Crippen molar-refractivity contribution in [3.8, 4) is 0 Å². The summed E-state index contributed by atoms with van der Waals surface area (Å²) in [5.74, 6) is -1.58. The summed E-state index contributed by atoms with van der Waals surface area (Å²) in [5, 5.41) is 11.0. The third kappa shape index (κ3) is 4.20. The van der Waals surface area contributed by atoms with Crippen molar-refractivity contribution in [2.45, 2.75) is 25.4 Å². The van der Waals surface area contributed by atoms with Crippen LogP contribution in [0.25, 0.3) is 0 Å². The van der Waals surface area contributed by atoms with Gasteiger partial charge < -0.3 is 20.9 Å². The number of nitrogens with one attached hydrogen (secondary N) is 1. The summed E-state index contributed by atoms with van der Waals surface area (Å²) in [6, 6.07) is -1.71. The highest BCUT2D eigenvalue weighted by Crippen LogP contribution is 1.92. The second kappa shape index (κ2) is 6.33. The summed E-state index contributed by atoms with van der Waals surface area (Å²) in [5.41, 5.74) is 5.40. The molecule has 0 aliphatic rings. The van der Waals surface area contributed by atoms with Gasteiger partial charge >= 0.3 is 5.97 Å². The third-order valence-electron chi connectivity index (χ3n) is 1.71. The molecule has 82 valence electrons. The number of carboxylic acid groups (broad SMARTS) is 1. The maximum absolute atomic E-state index is 11.2. The molecule has 0 heterocycles. The molecule has 1 amide bonds. The Morgan fingerprint density at radius 1 is 1.57 bits per heavy atom. The van der Waals surface area contributed by atoms with Crippen molar-refractivity contribution in [2.24, 2.45) is 5.73 Å². The lowest BCUT2D eigenvalue weighted by Crippen LogP contribution is -2.49. The van der Waals surface area contributed by atoms with Crippen molar-refractivity contribution in [1.82, 2.24) is 5.32 Å². The van der Waals surface area contributed by atoms with E-state index in [0.29, 0.717) is 6.42 Å². The Hall–Kier alpha value is -1.14. The van der Waals surface area contributed by atoms with Crippen LogP contribution in [0.4, 0.5) is 0 Å². The van der Waals surface area contributed by atoms with Crippen LogP contribution in [0.15, 0.2) is 0 Å². The first-order valence-corrected chi connectivity index (χ1v) is 4.30. The Morgan fingerprint density at radius 3 is 2.50 bits per heavy atom. The summed E-state index contributed by atoms with van der Waals surface area (Å²) in [4.78, 5) is 21.8. The van der Waals surface area contributed by atoms with Gasteiger partial charge in [-0.05, 0) is 6.42 Å². The molecule has 2 atom stereocenters. The molecule has 0 bridgehead atoms. The van der Waals surface area contributed by atoms with Crippen LogP contribution in [-0.4, -0.2) is 42.8 Å². The summed E-state index contributed by atoms with van der Waals surface area (Å²) >= 11 is 0. The lowest BCUT2D eigenvalue weighted by atomic mass is 10.2. The lowest BCUT2D eigenvalue weighted by molar-refractivity contribution is -0.142. The molecule has 0 rings (SSSR count). The van der Waals surface area contributed by atoms with Crippen LogP contribution in [0.1, 0.15) is 13.3 Å². The highest BCUT2D eigenvalue weighted by Gasteiger charge is 2.21. The minimum absolute atomic E-state index is 0.0713. The monoisotopic (exact) mass is 204 g/mol. The van der Waals surface area contributed by atoms with E-state index in [0.717, 1.165) is 0 Å². The number of hydrogen-bond donors (Lipinski definition) is 3. The highest BCUT2D eigenvalue weighted by atomic mass is 16.5. The Labute approximate surface area is 82.4 Å². The summed E-state index contributed by atoms with van der Waals surface area (Å²) in [7, 11) is 1.42. The first-order valence-electron chi connectivity index (χ1n) is 4.30. The van der Waals surface area contributed by atoms with Crippen LogP contribution < -0.4 is 11.1 Å². The predicted octanol–water partition coefficient (Wildman–Crippen LogP) is -1.06. The van der Waals surface area contributed by atoms with Crippen molar-refractivity contribution in [1.29, 1.82) is 0 Å². The molecule has 0 saturated heterocycles. The van der Waals surface area contributed by atoms with Crippen molar-refractivity contribution in [2.75, 3.05) is 13.7 Å². The van der Waals surface area contributed by atoms with Gasteiger partial charge in [0.2, 0.25) is 5.91 Å². The van der Waals surface area contributed by atoms with Gasteiger partial charge in [0, 0.05) is 7.11 Å². The molecule has 0 aliphatic heterocycles. The molecule has 1 unspecified atom stereocenters. The maximum Gasteiger partial charge on any atom is 0.326 e. The minimum atomic E-state index is -1.06. The van der Waals surface area contributed by atoms with E-state index in [1.54, 1.807) is 6.92 Å². The second-order valence-electron chi connectivity index (χ2n) is 2.87. The van der Waals surface area contributed by atoms with Crippen LogP contribution in [0.2, 0.25) is 0 Å². The Balaban J connectivity index is 4.08. The normalized spacial score (nSPS) is 14.5. The summed E-state index contributed by atoms with van der Waals surface area (Å²) < 4.78 is 4.67. The Bertz CT molecular complexity index is 208. The molecule has 14 heavy (non-hydrogen) atoms. The smallest absolute Gasteiger partial charge is 0.326 e. The molecule has 6 nitrogen and oxygen atoms in total. The van der Waals surface area contributed by atoms with Crippen molar-refractivity contribution < 1.29 is 19.4 Å². The number of hydrogen-bond acceptors (Lipinski definition) is 4. The highest BCUT2D eigenvalue weighted by molar-refractivity contribution is 5.86. The van der Waals surface area contributed by atoms with Gasteiger partial charge in [0.25, 0.3) is 0 Å². The molecule has 0 aromatic heterocycles. The number of aliphatic carboxylic acids is 1. The Kier molecular flexibility index (Phi) is 5.82. The van der Waals surface area contributed by atoms with Crippen LogP contribution in [0, 0.1) is 0 Å². The van der Waals surface area contributed by atoms with E-state index in [1.807, 2.05) is 0 Å². The fraction of sp³-hybridized carbons (Fsp3) is 0.750. The molecule has 0 saturated carbocycles. The van der Waals surface area contributed by atoms with Crippen molar-refractivity contribution in [3.05, 3.63) is 0 Å². The van der Waals surface area contributed by atoms with Crippen molar-refractivity contribution in [3.63, 3.8) is 0 Å². The second-order valence-corrected chi connectivity index (χ2v) is 2.87. The van der Waals surface area contributed by atoms with Gasteiger partial charge in [0.05, 0.1) is 6.61 Å². The molecule has 0 aromatic rings. The molecule has 0 fully saturated rings. The molecule has 0 spiro atoms. The zero-order chi connectivity index (χ0) is 11.1. The lowest BCUT2D eigenvalue weighted by Gasteiger charge is -2.15. The van der Waals surface area contributed by atoms with E-state index < -0.39 is 24.0 Å². The zero-order valence-corrected chi connectivity index (χ0v) is 8.32. The number of methoxy groups -OCH3 is 1. The number of carbonyl (C=O) groups is 2. The van der Waals surface area contributed by atoms with Crippen LogP contribution >= 0.6 is 0 Å². The standard InChI is InChI=1S/C8H16N2O4/c1-3-6(8(12)13)10-7(11)5(9)4-14-2/h5-6H,3-4,9H2,1-2H3,(H,10,11)(H,12,13)/t5?,6-/m1/s1. The van der Waals surface area contributed by atoms with Gasteiger partial charge in [-0.2, -0.15) is 0 Å². The first kappa shape index (κ1) is 12.9. The van der Waals surface area contributed by atoms with E-state index in [2.05, 4.69) is 10.1 Å².